The summed E-state index contributed by atoms with van der Waals surface area (Å²) in [6.07, 6.45) is 3.72. The second kappa shape index (κ2) is 6.75. The van der Waals surface area contributed by atoms with E-state index >= 15 is 0 Å². The Bertz CT molecular complexity index is 561. The molecule has 1 aliphatic heterocycles. The van der Waals surface area contributed by atoms with Crippen molar-refractivity contribution < 1.29 is 4.52 Å². The quantitative estimate of drug-likeness (QED) is 0.817. The zero-order valence-electron chi connectivity index (χ0n) is 12.3. The molecule has 21 heavy (non-hydrogen) atoms. The minimum Gasteiger partial charge on any atom is -0.359 e. The summed E-state index contributed by atoms with van der Waals surface area (Å²) >= 11 is 3.35. The number of halogens is 1. The molecule has 0 aliphatic carbocycles. The van der Waals surface area contributed by atoms with Crippen molar-refractivity contribution in [1.82, 2.24) is 10.1 Å². The molecule has 0 spiro atoms. The maximum absolute atomic E-state index is 5.36. The molecule has 1 atom stereocenters. The lowest BCUT2D eigenvalue weighted by molar-refractivity contribution is 0.123. The van der Waals surface area contributed by atoms with E-state index in [0.717, 1.165) is 29.4 Å². The van der Waals surface area contributed by atoms with Crippen molar-refractivity contribution in [2.75, 3.05) is 13.1 Å². The molecule has 2 heterocycles. The number of piperidine rings is 1. The first-order valence-electron chi connectivity index (χ1n) is 7.62. The van der Waals surface area contributed by atoms with Crippen LogP contribution in [0, 0.1) is 5.92 Å². The van der Waals surface area contributed by atoms with Gasteiger partial charge < -0.3 is 4.52 Å². The fourth-order valence-electron chi connectivity index (χ4n) is 3.14. The number of aromatic nitrogens is 1. The Morgan fingerprint density at radius 1 is 1.29 bits per heavy atom. The Balaban J connectivity index is 1.53. The summed E-state index contributed by atoms with van der Waals surface area (Å²) in [4.78, 5) is 2.49. The van der Waals surface area contributed by atoms with E-state index in [9.17, 15) is 0 Å². The van der Waals surface area contributed by atoms with Gasteiger partial charge in [-0.2, -0.15) is 0 Å². The molecule has 0 amide bonds. The Morgan fingerprint density at radius 3 is 2.62 bits per heavy atom. The molecule has 0 radical (unpaired) electrons. The van der Waals surface area contributed by atoms with Crippen molar-refractivity contribution in [1.29, 1.82) is 0 Å². The zero-order chi connectivity index (χ0) is 14.7. The maximum Gasteiger partial charge on any atom is 0.154 e. The third-order valence-electron chi connectivity index (χ3n) is 4.48. The fraction of sp³-hybridized carbons (Fsp3) is 0.471. The molecular weight excluding hydrogens is 328 g/mol. The van der Waals surface area contributed by atoms with E-state index in [0.29, 0.717) is 6.04 Å². The van der Waals surface area contributed by atoms with Crippen molar-refractivity contribution in [3.05, 3.63) is 52.3 Å². The van der Waals surface area contributed by atoms with Gasteiger partial charge in [0.1, 0.15) is 4.60 Å². The summed E-state index contributed by atoms with van der Waals surface area (Å²) in [5.74, 6) is 1.75. The lowest BCUT2D eigenvalue weighted by atomic mass is 9.89. The SMILES string of the molecule is CC(c1cc(Br)no1)N1CCC(Cc2ccccc2)CC1. The summed E-state index contributed by atoms with van der Waals surface area (Å²) < 4.78 is 6.14. The van der Waals surface area contributed by atoms with Gasteiger partial charge in [-0.05, 0) is 66.7 Å². The van der Waals surface area contributed by atoms with Crippen LogP contribution in [0.5, 0.6) is 0 Å². The van der Waals surface area contributed by atoms with Crippen LogP contribution in [0.25, 0.3) is 0 Å². The second-order valence-corrected chi connectivity index (χ2v) is 6.71. The smallest absolute Gasteiger partial charge is 0.154 e. The van der Waals surface area contributed by atoms with Gasteiger partial charge in [-0.3, -0.25) is 4.90 Å². The van der Waals surface area contributed by atoms with Gasteiger partial charge in [0.05, 0.1) is 6.04 Å². The van der Waals surface area contributed by atoms with Crippen LogP contribution in [0.15, 0.2) is 45.5 Å². The van der Waals surface area contributed by atoms with E-state index in [2.05, 4.69) is 63.2 Å². The molecule has 1 unspecified atom stereocenters. The minimum atomic E-state index is 0.307. The van der Waals surface area contributed by atoms with E-state index < -0.39 is 0 Å². The van der Waals surface area contributed by atoms with Crippen LogP contribution in [-0.2, 0) is 6.42 Å². The highest BCUT2D eigenvalue weighted by molar-refractivity contribution is 9.10. The van der Waals surface area contributed by atoms with Gasteiger partial charge in [0, 0.05) is 6.07 Å². The molecule has 3 nitrogen and oxygen atoms in total. The molecule has 3 rings (SSSR count). The predicted octanol–water partition coefficient (Wildman–Crippen LogP) is 4.45. The van der Waals surface area contributed by atoms with Gasteiger partial charge >= 0.3 is 0 Å². The normalized spacial score (nSPS) is 18.8. The van der Waals surface area contributed by atoms with Crippen molar-refractivity contribution >= 4 is 15.9 Å². The van der Waals surface area contributed by atoms with E-state index in [1.165, 1.54) is 24.8 Å². The summed E-state index contributed by atoms with van der Waals surface area (Å²) in [5, 5.41) is 3.92. The molecule has 112 valence electrons. The van der Waals surface area contributed by atoms with Crippen LogP contribution < -0.4 is 0 Å². The molecule has 0 N–H and O–H groups in total. The first kappa shape index (κ1) is 14.8. The highest BCUT2D eigenvalue weighted by Gasteiger charge is 2.25. The van der Waals surface area contributed by atoms with Gasteiger partial charge in [0.15, 0.2) is 5.76 Å². The van der Waals surface area contributed by atoms with E-state index in [-0.39, 0.29) is 0 Å². The minimum absolute atomic E-state index is 0.307. The van der Waals surface area contributed by atoms with Crippen LogP contribution in [0.2, 0.25) is 0 Å². The lowest BCUT2D eigenvalue weighted by Crippen LogP contribution is -2.36. The maximum atomic E-state index is 5.36. The number of hydrogen-bond donors (Lipinski definition) is 0. The average Bonchev–Trinajstić information content (AvgIpc) is 2.95. The molecule has 1 saturated heterocycles. The van der Waals surface area contributed by atoms with Gasteiger partial charge in [-0.25, -0.2) is 0 Å². The average molecular weight is 349 g/mol. The third kappa shape index (κ3) is 3.74. The van der Waals surface area contributed by atoms with E-state index in [1.54, 1.807) is 0 Å². The van der Waals surface area contributed by atoms with Crippen LogP contribution >= 0.6 is 15.9 Å². The molecule has 4 heteroatoms. The standard InChI is InChI=1S/C17H21BrN2O/c1-13(16-12-17(18)19-21-16)20-9-7-15(8-10-20)11-14-5-3-2-4-6-14/h2-6,12-13,15H,7-11H2,1H3. The number of likely N-dealkylation sites (tertiary alicyclic amines) is 1. The van der Waals surface area contributed by atoms with Gasteiger partial charge in [-0.1, -0.05) is 35.5 Å². The number of nitrogens with zero attached hydrogens (tertiary/aromatic N) is 2. The van der Waals surface area contributed by atoms with Gasteiger partial charge in [0.25, 0.3) is 0 Å². The van der Waals surface area contributed by atoms with E-state index in [1.807, 2.05) is 6.07 Å². The monoisotopic (exact) mass is 348 g/mol. The number of rotatable bonds is 4. The largest absolute Gasteiger partial charge is 0.359 e. The first-order valence-corrected chi connectivity index (χ1v) is 8.42. The molecule has 1 aromatic heterocycles. The molecule has 1 aromatic carbocycles. The number of benzene rings is 1. The molecule has 2 aromatic rings. The zero-order valence-corrected chi connectivity index (χ0v) is 13.9. The Labute approximate surface area is 134 Å². The fourth-order valence-corrected chi connectivity index (χ4v) is 3.43. The molecule has 1 aliphatic rings. The van der Waals surface area contributed by atoms with Crippen molar-refractivity contribution in [3.8, 4) is 0 Å². The summed E-state index contributed by atoms with van der Waals surface area (Å²) in [7, 11) is 0. The van der Waals surface area contributed by atoms with Crippen LogP contribution in [-0.4, -0.2) is 23.1 Å². The summed E-state index contributed by atoms with van der Waals surface area (Å²) in [6.45, 7) is 4.47. The van der Waals surface area contributed by atoms with Crippen molar-refractivity contribution in [2.45, 2.75) is 32.2 Å². The van der Waals surface area contributed by atoms with Crippen LogP contribution in [0.3, 0.4) is 0 Å². The highest BCUT2D eigenvalue weighted by atomic mass is 79.9. The summed E-state index contributed by atoms with van der Waals surface area (Å²) in [5.41, 5.74) is 1.46. The first-order chi connectivity index (χ1) is 10.2. The third-order valence-corrected chi connectivity index (χ3v) is 4.85. The molecule has 0 bridgehead atoms. The Kier molecular flexibility index (Phi) is 4.76. The van der Waals surface area contributed by atoms with Crippen LogP contribution in [0.1, 0.15) is 37.1 Å². The Morgan fingerprint density at radius 2 is 2.00 bits per heavy atom. The second-order valence-electron chi connectivity index (χ2n) is 5.90. The molecular formula is C17H21BrN2O. The van der Waals surface area contributed by atoms with Gasteiger partial charge in [0.2, 0.25) is 0 Å². The van der Waals surface area contributed by atoms with Crippen molar-refractivity contribution in [2.24, 2.45) is 5.92 Å². The van der Waals surface area contributed by atoms with E-state index in [4.69, 9.17) is 4.52 Å². The highest BCUT2D eigenvalue weighted by Crippen LogP contribution is 2.29. The molecule has 1 fully saturated rings. The lowest BCUT2D eigenvalue weighted by Gasteiger charge is -2.35. The number of hydrogen-bond acceptors (Lipinski definition) is 3. The van der Waals surface area contributed by atoms with Crippen LogP contribution in [0.4, 0.5) is 0 Å². The van der Waals surface area contributed by atoms with Gasteiger partial charge in [-0.15, -0.1) is 0 Å². The topological polar surface area (TPSA) is 29.3 Å². The molecule has 0 saturated carbocycles. The summed E-state index contributed by atoms with van der Waals surface area (Å²) in [6, 6.07) is 13.1. The predicted molar refractivity (Wildman–Crippen MR) is 87.1 cm³/mol. The van der Waals surface area contributed by atoms with Crippen molar-refractivity contribution in [3.63, 3.8) is 0 Å². The Hall–Kier alpha value is -1.13.